The first kappa shape index (κ1) is 12.9. The first-order chi connectivity index (χ1) is 8.91. The van der Waals surface area contributed by atoms with Crippen LogP contribution in [0.15, 0.2) is 30.4 Å². The molecule has 1 unspecified atom stereocenters. The van der Waals surface area contributed by atoms with E-state index >= 15 is 0 Å². The van der Waals surface area contributed by atoms with Crippen molar-refractivity contribution in [2.45, 2.75) is 6.04 Å². The van der Waals surface area contributed by atoms with E-state index in [0.717, 1.165) is 24.3 Å². The Morgan fingerprint density at radius 2 is 1.68 bits per heavy atom. The maximum Gasteiger partial charge on any atom is 0.331 e. The van der Waals surface area contributed by atoms with Crippen molar-refractivity contribution in [3.05, 3.63) is 47.5 Å². The van der Waals surface area contributed by atoms with Gasteiger partial charge in [-0.1, -0.05) is 6.07 Å². The molecule has 0 saturated carbocycles. The lowest BCUT2D eigenvalue weighted by atomic mass is 10.1. The zero-order chi connectivity index (χ0) is 14.2. The van der Waals surface area contributed by atoms with Crippen molar-refractivity contribution in [1.29, 1.82) is 0 Å². The van der Waals surface area contributed by atoms with Crippen LogP contribution in [-0.4, -0.2) is 27.8 Å². The van der Waals surface area contributed by atoms with Crippen LogP contribution in [0, 0.1) is 11.6 Å². The van der Waals surface area contributed by atoms with Gasteiger partial charge in [0.2, 0.25) is 0 Å². The number of carbonyl (C=O) groups is 3. The number of rotatable bonds is 3. The Bertz CT molecular complexity index is 594. The van der Waals surface area contributed by atoms with E-state index in [0.29, 0.717) is 11.0 Å². The number of carboxylic acids is 1. The van der Waals surface area contributed by atoms with Crippen molar-refractivity contribution in [1.82, 2.24) is 4.90 Å². The average Bonchev–Trinajstić information content (AvgIpc) is 2.65. The van der Waals surface area contributed by atoms with Gasteiger partial charge >= 0.3 is 5.97 Å². The molecule has 2 amide bonds. The number of hydrogen-bond acceptors (Lipinski definition) is 3. The van der Waals surface area contributed by atoms with E-state index in [9.17, 15) is 23.2 Å². The molecule has 5 nitrogen and oxygen atoms in total. The van der Waals surface area contributed by atoms with Crippen molar-refractivity contribution in [3.8, 4) is 0 Å². The fourth-order valence-corrected chi connectivity index (χ4v) is 1.75. The number of halogens is 2. The first-order valence-electron chi connectivity index (χ1n) is 5.15. The molecule has 1 aliphatic heterocycles. The lowest BCUT2D eigenvalue weighted by Gasteiger charge is -2.22. The molecule has 0 bridgehead atoms. The number of nitrogens with zero attached hydrogens (tertiary/aromatic N) is 1. The van der Waals surface area contributed by atoms with Crippen LogP contribution in [0.2, 0.25) is 0 Å². The second-order valence-electron chi connectivity index (χ2n) is 3.79. The van der Waals surface area contributed by atoms with E-state index in [-0.39, 0.29) is 5.56 Å². The van der Waals surface area contributed by atoms with E-state index in [2.05, 4.69) is 0 Å². The Kier molecular flexibility index (Phi) is 3.12. The number of carboxylic acid groups (broad SMARTS) is 1. The van der Waals surface area contributed by atoms with Crippen molar-refractivity contribution in [3.63, 3.8) is 0 Å². The molecule has 1 aromatic carbocycles. The van der Waals surface area contributed by atoms with Crippen molar-refractivity contribution in [2.24, 2.45) is 0 Å². The molecule has 0 radical (unpaired) electrons. The van der Waals surface area contributed by atoms with Crippen LogP contribution in [0.3, 0.4) is 0 Å². The summed E-state index contributed by atoms with van der Waals surface area (Å²) in [5.41, 5.74) is -0.197. The van der Waals surface area contributed by atoms with Crippen LogP contribution in [0.4, 0.5) is 8.78 Å². The normalized spacial score (nSPS) is 16.0. The molecule has 0 fully saturated rings. The van der Waals surface area contributed by atoms with Gasteiger partial charge in [-0.15, -0.1) is 0 Å². The minimum absolute atomic E-state index is 0.197. The molecule has 0 aliphatic carbocycles. The standard InChI is InChI=1S/C12H7F2NO4/c13-7-2-1-6(5-8(7)14)11(12(18)19)15-9(16)3-4-10(15)17/h1-5,11H,(H,18,19). The Labute approximate surface area is 105 Å². The third-order valence-corrected chi connectivity index (χ3v) is 2.59. The summed E-state index contributed by atoms with van der Waals surface area (Å²) in [6.45, 7) is 0. The number of imide groups is 1. The molecule has 0 saturated heterocycles. The molecule has 0 aromatic heterocycles. The summed E-state index contributed by atoms with van der Waals surface area (Å²) in [5, 5.41) is 9.09. The predicted molar refractivity (Wildman–Crippen MR) is 57.7 cm³/mol. The first-order valence-corrected chi connectivity index (χ1v) is 5.15. The highest BCUT2D eigenvalue weighted by Crippen LogP contribution is 2.25. The molecule has 98 valence electrons. The Morgan fingerprint density at radius 3 is 2.16 bits per heavy atom. The summed E-state index contributed by atoms with van der Waals surface area (Å²) in [6.07, 6.45) is 1.83. The SMILES string of the molecule is O=C(O)C(c1ccc(F)c(F)c1)N1C(=O)C=CC1=O. The molecule has 7 heteroatoms. The molecule has 0 spiro atoms. The van der Waals surface area contributed by atoms with Crippen LogP contribution in [0.25, 0.3) is 0 Å². The fraction of sp³-hybridized carbons (Fsp3) is 0.0833. The van der Waals surface area contributed by atoms with Crippen LogP contribution in [0.5, 0.6) is 0 Å². The summed E-state index contributed by atoms with van der Waals surface area (Å²) < 4.78 is 25.9. The van der Waals surface area contributed by atoms with Crippen LogP contribution >= 0.6 is 0 Å². The van der Waals surface area contributed by atoms with Crippen molar-refractivity contribution >= 4 is 17.8 Å². The summed E-state index contributed by atoms with van der Waals surface area (Å²) >= 11 is 0. The van der Waals surface area contributed by atoms with Crippen LogP contribution in [0.1, 0.15) is 11.6 Å². The lowest BCUT2D eigenvalue weighted by molar-refractivity contribution is -0.153. The van der Waals surface area contributed by atoms with Crippen molar-refractivity contribution < 1.29 is 28.3 Å². The molecule has 1 heterocycles. The highest BCUT2D eigenvalue weighted by molar-refractivity contribution is 6.14. The highest BCUT2D eigenvalue weighted by Gasteiger charge is 2.37. The van der Waals surface area contributed by atoms with E-state index in [4.69, 9.17) is 5.11 Å². The van der Waals surface area contributed by atoms with E-state index in [1.807, 2.05) is 0 Å². The maximum absolute atomic E-state index is 13.1. The predicted octanol–water partition coefficient (Wildman–Crippen LogP) is 1.02. The molecular formula is C12H7F2NO4. The lowest BCUT2D eigenvalue weighted by Crippen LogP contribution is -2.38. The monoisotopic (exact) mass is 267 g/mol. The van der Waals surface area contributed by atoms with Crippen molar-refractivity contribution in [2.75, 3.05) is 0 Å². The summed E-state index contributed by atoms with van der Waals surface area (Å²) in [7, 11) is 0. The molecule has 1 N–H and O–H groups in total. The van der Waals surface area contributed by atoms with E-state index in [1.165, 1.54) is 0 Å². The number of aliphatic carboxylic acids is 1. The van der Waals surface area contributed by atoms with E-state index in [1.54, 1.807) is 0 Å². The van der Waals surface area contributed by atoms with Crippen LogP contribution in [-0.2, 0) is 14.4 Å². The maximum atomic E-state index is 13.1. The average molecular weight is 267 g/mol. The van der Waals surface area contributed by atoms with Gasteiger partial charge in [0.25, 0.3) is 11.8 Å². The fourth-order valence-electron chi connectivity index (χ4n) is 1.75. The second-order valence-corrected chi connectivity index (χ2v) is 3.79. The number of hydrogen-bond donors (Lipinski definition) is 1. The largest absolute Gasteiger partial charge is 0.479 e. The minimum Gasteiger partial charge on any atom is -0.479 e. The summed E-state index contributed by atoms with van der Waals surface area (Å²) in [5.74, 6) is -5.55. The third kappa shape index (κ3) is 2.22. The molecular weight excluding hydrogens is 260 g/mol. The zero-order valence-electron chi connectivity index (χ0n) is 9.34. The molecule has 1 aromatic rings. The third-order valence-electron chi connectivity index (χ3n) is 2.59. The quantitative estimate of drug-likeness (QED) is 0.829. The highest BCUT2D eigenvalue weighted by atomic mass is 19.2. The second kappa shape index (κ2) is 4.60. The molecule has 2 rings (SSSR count). The van der Waals surface area contributed by atoms with Gasteiger partial charge in [0.15, 0.2) is 17.7 Å². The van der Waals surface area contributed by atoms with Crippen LogP contribution < -0.4 is 0 Å². The number of benzene rings is 1. The smallest absolute Gasteiger partial charge is 0.331 e. The summed E-state index contributed by atoms with van der Waals surface area (Å²) in [6, 6.07) is 0.701. The Morgan fingerprint density at radius 1 is 1.11 bits per heavy atom. The minimum atomic E-state index is -1.69. The van der Waals surface area contributed by atoms with Gasteiger partial charge in [-0.25, -0.2) is 13.6 Å². The van der Waals surface area contributed by atoms with Gasteiger partial charge in [-0.3, -0.25) is 14.5 Å². The molecule has 1 aliphatic rings. The van der Waals surface area contributed by atoms with Gasteiger partial charge in [0, 0.05) is 12.2 Å². The molecule has 19 heavy (non-hydrogen) atoms. The van der Waals surface area contributed by atoms with Gasteiger partial charge in [0.05, 0.1) is 0 Å². The number of amides is 2. The zero-order valence-corrected chi connectivity index (χ0v) is 9.34. The Hall–Kier alpha value is -2.57. The molecule has 1 atom stereocenters. The van der Waals surface area contributed by atoms with Gasteiger partial charge in [-0.05, 0) is 17.7 Å². The summed E-state index contributed by atoms with van der Waals surface area (Å²) in [4.78, 5) is 34.5. The van der Waals surface area contributed by atoms with Gasteiger partial charge in [-0.2, -0.15) is 0 Å². The van der Waals surface area contributed by atoms with Gasteiger partial charge < -0.3 is 5.11 Å². The van der Waals surface area contributed by atoms with E-state index < -0.39 is 35.5 Å². The topological polar surface area (TPSA) is 74.7 Å². The Balaban J connectivity index is 2.46. The number of carbonyl (C=O) groups excluding carboxylic acids is 2. The van der Waals surface area contributed by atoms with Gasteiger partial charge in [0.1, 0.15) is 0 Å².